The predicted molar refractivity (Wildman–Crippen MR) is 262 cm³/mol. The van der Waals surface area contributed by atoms with Gasteiger partial charge in [0.1, 0.15) is 0 Å². The molecular weight excluding hydrogens is 739 g/mol. The molecule has 0 spiro atoms. The fourth-order valence-corrected chi connectivity index (χ4v) is 9.58. The summed E-state index contributed by atoms with van der Waals surface area (Å²) in [5.41, 5.74) is 16.2. The lowest BCUT2D eigenvalue weighted by molar-refractivity contribution is 0.749. The van der Waals surface area contributed by atoms with Crippen LogP contribution in [0.1, 0.15) is 55.0 Å². The second-order valence-electron chi connectivity index (χ2n) is 15.9. The van der Waals surface area contributed by atoms with Gasteiger partial charge in [0.2, 0.25) is 0 Å². The first-order valence-electron chi connectivity index (χ1n) is 21.5. The molecule has 2 atom stereocenters. The minimum absolute atomic E-state index is 0.0502. The maximum atomic E-state index is 3.84. The van der Waals surface area contributed by atoms with Crippen LogP contribution in [0.3, 0.4) is 0 Å². The second kappa shape index (κ2) is 16.4. The summed E-state index contributed by atoms with van der Waals surface area (Å²) in [7, 11) is 0. The van der Waals surface area contributed by atoms with Gasteiger partial charge in [0.25, 0.3) is 0 Å². The number of benzene rings is 6. The Balaban J connectivity index is 0.000000845. The Bertz CT molecular complexity index is 3190. The van der Waals surface area contributed by atoms with E-state index in [-0.39, 0.29) is 12.1 Å². The van der Waals surface area contributed by atoms with Gasteiger partial charge < -0.3 is 14.5 Å². The Kier molecular flexibility index (Phi) is 10.2. The largest absolute Gasteiger partial charge is 0.375 e. The van der Waals surface area contributed by atoms with E-state index < -0.39 is 0 Å². The van der Waals surface area contributed by atoms with Crippen LogP contribution in [0.4, 0.5) is 0 Å². The van der Waals surface area contributed by atoms with E-state index >= 15 is 0 Å². The number of aromatic nitrogens is 2. The molecule has 1 aliphatic carbocycles. The van der Waals surface area contributed by atoms with E-state index in [9.17, 15) is 0 Å². The summed E-state index contributed by atoms with van der Waals surface area (Å²) in [5, 5.41) is 8.99. The van der Waals surface area contributed by atoms with Crippen molar-refractivity contribution in [3.05, 3.63) is 241 Å². The number of nitrogens with zero attached hydrogens (tertiary/aromatic N) is 2. The molecular formula is C58H49N3. The summed E-state index contributed by atoms with van der Waals surface area (Å²) >= 11 is 0. The van der Waals surface area contributed by atoms with Crippen LogP contribution in [0, 0.1) is 0 Å². The van der Waals surface area contributed by atoms with E-state index in [1.54, 1.807) is 6.08 Å². The lowest BCUT2D eigenvalue weighted by Crippen LogP contribution is -2.31. The molecule has 0 fully saturated rings. The van der Waals surface area contributed by atoms with Crippen LogP contribution in [0.15, 0.2) is 219 Å². The van der Waals surface area contributed by atoms with Gasteiger partial charge in [0.15, 0.2) is 0 Å². The van der Waals surface area contributed by atoms with Crippen molar-refractivity contribution in [2.45, 2.75) is 38.8 Å². The normalized spacial score (nSPS) is 17.3. The van der Waals surface area contributed by atoms with E-state index in [1.165, 1.54) is 88.3 Å². The van der Waals surface area contributed by atoms with Gasteiger partial charge in [-0.05, 0) is 90.4 Å². The first-order chi connectivity index (χ1) is 30.2. The maximum absolute atomic E-state index is 3.84. The van der Waals surface area contributed by atoms with Crippen LogP contribution in [0.2, 0.25) is 0 Å². The first-order valence-corrected chi connectivity index (χ1v) is 21.5. The van der Waals surface area contributed by atoms with Crippen molar-refractivity contribution in [1.29, 1.82) is 0 Å². The van der Waals surface area contributed by atoms with E-state index in [2.05, 4.69) is 216 Å². The Morgan fingerprint density at radius 1 is 0.689 bits per heavy atom. The summed E-state index contributed by atoms with van der Waals surface area (Å²) in [5.74, 6) is 0. The quantitative estimate of drug-likeness (QED) is 0.160. The molecule has 1 N–H and O–H groups in total. The lowest BCUT2D eigenvalue weighted by Gasteiger charge is -2.28. The number of allylic oxidation sites excluding steroid dienone is 12. The van der Waals surface area contributed by atoms with E-state index in [0.717, 1.165) is 18.5 Å². The molecule has 0 bridgehead atoms. The van der Waals surface area contributed by atoms with Crippen molar-refractivity contribution in [3.63, 3.8) is 0 Å². The molecule has 3 nitrogen and oxygen atoms in total. The summed E-state index contributed by atoms with van der Waals surface area (Å²) in [4.78, 5) is 0. The molecule has 4 heterocycles. The predicted octanol–water partition coefficient (Wildman–Crippen LogP) is 14.9. The third-order valence-electron chi connectivity index (χ3n) is 12.3. The minimum Gasteiger partial charge on any atom is -0.375 e. The molecule has 11 rings (SSSR count). The molecule has 3 heteroatoms. The molecule has 0 saturated carbocycles. The van der Waals surface area contributed by atoms with Gasteiger partial charge in [-0.1, -0.05) is 183 Å². The smallest absolute Gasteiger partial charge is 0.0806 e. The third kappa shape index (κ3) is 6.73. The average molecular weight is 788 g/mol. The van der Waals surface area contributed by atoms with Gasteiger partial charge >= 0.3 is 0 Å². The van der Waals surface area contributed by atoms with Crippen LogP contribution in [-0.2, 0) is 0 Å². The number of hydrogen-bond donors (Lipinski definition) is 1. The summed E-state index contributed by atoms with van der Waals surface area (Å²) in [6.07, 6.45) is 26.1. The van der Waals surface area contributed by atoms with E-state index in [4.69, 9.17) is 0 Å². The molecule has 61 heavy (non-hydrogen) atoms. The molecule has 0 amide bonds. The second-order valence-corrected chi connectivity index (χ2v) is 15.9. The standard InChI is InChI=1S/C53H41N3.C5H8/c1-2-15-39(35-26-28-36(29-27-35)40-32-46(37-16-5-3-6-17-37)54-47(33-40)38-18-7-4-8-19-38)34-51-45-22-11-14-25-50(45)55-48-23-12-9-20-41(48)43-30-31-44-42-21-10-13-24-49(42)56(51)53(44)52(43)55;1-3-5-4-2/h2-7,9-18,20-34,47,51,54H,8,19H2,1H3;3-5H,1H2,2H3/b15-2-,39-34+;5-4-. The maximum Gasteiger partial charge on any atom is 0.0806 e. The number of hydrogen-bond acceptors (Lipinski definition) is 1. The Morgan fingerprint density at radius 2 is 1.39 bits per heavy atom. The summed E-state index contributed by atoms with van der Waals surface area (Å²) in [6, 6.07) is 51.5. The highest BCUT2D eigenvalue weighted by Gasteiger charge is 2.29. The number of rotatable bonds is 7. The molecule has 2 aliphatic heterocycles. The van der Waals surface area contributed by atoms with E-state index in [1.807, 2.05) is 19.1 Å². The Labute approximate surface area is 358 Å². The zero-order chi connectivity index (χ0) is 41.3. The highest BCUT2D eigenvalue weighted by molar-refractivity contribution is 6.23. The Morgan fingerprint density at radius 3 is 2.11 bits per heavy atom. The van der Waals surface area contributed by atoms with Crippen LogP contribution in [0.25, 0.3) is 66.1 Å². The third-order valence-corrected chi connectivity index (χ3v) is 12.3. The molecule has 0 saturated heterocycles. The number of para-hydroxylation sites is 3. The van der Waals surface area contributed by atoms with Crippen LogP contribution >= 0.6 is 0 Å². The van der Waals surface area contributed by atoms with Crippen molar-refractivity contribution in [2.75, 3.05) is 0 Å². The van der Waals surface area contributed by atoms with Gasteiger partial charge in [-0.3, -0.25) is 0 Å². The summed E-state index contributed by atoms with van der Waals surface area (Å²) < 4.78 is 5.13. The molecule has 3 aliphatic rings. The molecule has 2 unspecified atom stereocenters. The molecule has 8 aromatic rings. The molecule has 0 radical (unpaired) electrons. The van der Waals surface area contributed by atoms with Crippen molar-refractivity contribution in [3.8, 4) is 5.69 Å². The van der Waals surface area contributed by atoms with Gasteiger partial charge in [-0.25, -0.2) is 0 Å². The SMILES string of the molecule is C/C=C\C(=C/C1c2ccccc2-n2c3ccccc3c3ccc4c5ccccc5n1c4c32)c1ccc(C2=CC(C3=CC=CCC3)NC(c3ccccc3)=C2)cc1.C=C/C=C\C. The molecule has 2 aromatic heterocycles. The van der Waals surface area contributed by atoms with Gasteiger partial charge in [-0.15, -0.1) is 0 Å². The monoisotopic (exact) mass is 787 g/mol. The zero-order valence-electron chi connectivity index (χ0n) is 34.8. The van der Waals surface area contributed by atoms with Crippen molar-refractivity contribution in [2.24, 2.45) is 0 Å². The first kappa shape index (κ1) is 37.9. The van der Waals surface area contributed by atoms with Crippen LogP contribution < -0.4 is 5.32 Å². The number of nitrogens with one attached hydrogen (secondary N) is 1. The fraction of sp³-hybridized carbons (Fsp3) is 0.103. The lowest BCUT2D eigenvalue weighted by atomic mass is 9.89. The van der Waals surface area contributed by atoms with Gasteiger partial charge in [0, 0.05) is 32.8 Å². The number of dihydropyridines is 1. The summed E-state index contributed by atoms with van der Waals surface area (Å²) in [6.45, 7) is 7.54. The minimum atomic E-state index is -0.0502. The molecule has 296 valence electrons. The van der Waals surface area contributed by atoms with Gasteiger partial charge in [-0.2, -0.15) is 0 Å². The topological polar surface area (TPSA) is 21.9 Å². The van der Waals surface area contributed by atoms with Crippen LogP contribution in [-0.4, -0.2) is 15.2 Å². The van der Waals surface area contributed by atoms with Crippen LogP contribution in [0.5, 0.6) is 0 Å². The highest BCUT2D eigenvalue weighted by atomic mass is 15.1. The van der Waals surface area contributed by atoms with Crippen molar-refractivity contribution in [1.82, 2.24) is 14.5 Å². The number of fused-ring (bicyclic) bond motifs is 8. The van der Waals surface area contributed by atoms with Gasteiger partial charge in [0.05, 0.1) is 39.8 Å². The zero-order valence-corrected chi connectivity index (χ0v) is 34.8. The highest BCUT2D eigenvalue weighted by Crippen LogP contribution is 2.47. The van der Waals surface area contributed by atoms with Crippen molar-refractivity contribution >= 4 is 60.5 Å². The Hall–Kier alpha value is -7.36. The van der Waals surface area contributed by atoms with E-state index in [0.29, 0.717) is 0 Å². The van der Waals surface area contributed by atoms with Crippen molar-refractivity contribution < 1.29 is 0 Å². The fourth-order valence-electron chi connectivity index (χ4n) is 9.58. The average Bonchev–Trinajstić information content (AvgIpc) is 3.80. The molecule has 6 aromatic carbocycles.